The van der Waals surface area contributed by atoms with Crippen molar-refractivity contribution in [2.24, 2.45) is 0 Å². The summed E-state index contributed by atoms with van der Waals surface area (Å²) < 4.78 is 0. The smallest absolute Gasteiger partial charge is 0.0361 e. The first-order valence-corrected chi connectivity index (χ1v) is 7.73. The second-order valence-corrected chi connectivity index (χ2v) is 6.33. The van der Waals surface area contributed by atoms with Crippen molar-refractivity contribution in [2.75, 3.05) is 7.05 Å². The lowest BCUT2D eigenvalue weighted by molar-refractivity contribution is 0.588. The number of benzene rings is 2. The fourth-order valence-corrected chi connectivity index (χ4v) is 3.15. The SMILES string of the molecule is CNC(Cc1cc(C)cc(C)c1)c1cc(C)c(C)cc1C. The predicted octanol–water partition coefficient (Wildman–Crippen LogP) is 4.73. The van der Waals surface area contributed by atoms with E-state index in [4.69, 9.17) is 0 Å². The van der Waals surface area contributed by atoms with E-state index in [-0.39, 0.29) is 0 Å². The van der Waals surface area contributed by atoms with Crippen molar-refractivity contribution >= 4 is 0 Å². The molecule has 0 heterocycles. The van der Waals surface area contributed by atoms with Gasteiger partial charge >= 0.3 is 0 Å². The van der Waals surface area contributed by atoms with Crippen LogP contribution in [0.2, 0.25) is 0 Å². The van der Waals surface area contributed by atoms with Crippen molar-refractivity contribution in [1.82, 2.24) is 5.32 Å². The van der Waals surface area contributed by atoms with Gasteiger partial charge in [0.25, 0.3) is 0 Å². The zero-order chi connectivity index (χ0) is 15.6. The highest BCUT2D eigenvalue weighted by Crippen LogP contribution is 2.25. The molecule has 2 rings (SSSR count). The Morgan fingerprint density at radius 2 is 1.33 bits per heavy atom. The lowest BCUT2D eigenvalue weighted by Gasteiger charge is -2.21. The van der Waals surface area contributed by atoms with Gasteiger partial charge in [0.2, 0.25) is 0 Å². The number of nitrogens with one attached hydrogen (secondary N) is 1. The first-order chi connectivity index (χ1) is 9.90. The van der Waals surface area contributed by atoms with E-state index in [1.165, 1.54) is 38.9 Å². The molecule has 112 valence electrons. The van der Waals surface area contributed by atoms with Crippen LogP contribution in [0, 0.1) is 34.6 Å². The monoisotopic (exact) mass is 281 g/mol. The molecular weight excluding hydrogens is 254 g/mol. The van der Waals surface area contributed by atoms with E-state index in [9.17, 15) is 0 Å². The number of aryl methyl sites for hydroxylation is 5. The van der Waals surface area contributed by atoms with Crippen LogP contribution in [0.3, 0.4) is 0 Å². The molecule has 1 heteroatoms. The maximum absolute atomic E-state index is 3.49. The number of hydrogen-bond donors (Lipinski definition) is 1. The quantitative estimate of drug-likeness (QED) is 0.854. The van der Waals surface area contributed by atoms with Crippen LogP contribution in [0.4, 0.5) is 0 Å². The summed E-state index contributed by atoms with van der Waals surface area (Å²) in [5.74, 6) is 0. The van der Waals surface area contributed by atoms with Crippen molar-refractivity contribution in [2.45, 2.75) is 47.1 Å². The lowest BCUT2D eigenvalue weighted by Crippen LogP contribution is -2.20. The van der Waals surface area contributed by atoms with Crippen LogP contribution >= 0.6 is 0 Å². The molecule has 0 amide bonds. The molecule has 2 aromatic rings. The second kappa shape index (κ2) is 6.44. The molecule has 1 atom stereocenters. The van der Waals surface area contributed by atoms with Crippen LogP contribution in [0.5, 0.6) is 0 Å². The van der Waals surface area contributed by atoms with Gasteiger partial charge in [0.1, 0.15) is 0 Å². The Kier molecular flexibility index (Phi) is 4.84. The normalized spacial score (nSPS) is 12.5. The zero-order valence-electron chi connectivity index (χ0n) is 14.2. The maximum Gasteiger partial charge on any atom is 0.0361 e. The van der Waals surface area contributed by atoms with Crippen LogP contribution in [0.15, 0.2) is 30.3 Å². The highest BCUT2D eigenvalue weighted by atomic mass is 14.9. The van der Waals surface area contributed by atoms with Crippen molar-refractivity contribution in [3.8, 4) is 0 Å². The molecule has 0 radical (unpaired) electrons. The number of likely N-dealkylation sites (N-methyl/N-ethyl adjacent to an activating group) is 1. The first-order valence-electron chi connectivity index (χ1n) is 7.73. The predicted molar refractivity (Wildman–Crippen MR) is 92.1 cm³/mol. The van der Waals surface area contributed by atoms with E-state index < -0.39 is 0 Å². The highest BCUT2D eigenvalue weighted by Gasteiger charge is 2.14. The van der Waals surface area contributed by atoms with Crippen LogP contribution in [-0.4, -0.2) is 7.05 Å². The molecular formula is C20H27N. The summed E-state index contributed by atoms with van der Waals surface area (Å²) >= 11 is 0. The third-order valence-electron chi connectivity index (χ3n) is 4.33. The molecule has 0 spiro atoms. The topological polar surface area (TPSA) is 12.0 Å². The van der Waals surface area contributed by atoms with Gasteiger partial charge in [0.05, 0.1) is 0 Å². The Morgan fingerprint density at radius 3 is 1.90 bits per heavy atom. The third kappa shape index (κ3) is 3.74. The molecule has 0 aliphatic rings. The highest BCUT2D eigenvalue weighted by molar-refractivity contribution is 5.39. The average Bonchev–Trinajstić information content (AvgIpc) is 2.39. The minimum atomic E-state index is 0.366. The van der Waals surface area contributed by atoms with Gasteiger partial charge in [-0.15, -0.1) is 0 Å². The zero-order valence-corrected chi connectivity index (χ0v) is 14.2. The lowest BCUT2D eigenvalue weighted by atomic mass is 9.91. The largest absolute Gasteiger partial charge is 0.313 e. The van der Waals surface area contributed by atoms with Gasteiger partial charge in [0, 0.05) is 6.04 Å². The Morgan fingerprint density at radius 1 is 0.762 bits per heavy atom. The van der Waals surface area contributed by atoms with E-state index in [1.54, 1.807) is 0 Å². The summed E-state index contributed by atoms with van der Waals surface area (Å²) in [4.78, 5) is 0. The van der Waals surface area contributed by atoms with E-state index in [0.717, 1.165) is 6.42 Å². The summed E-state index contributed by atoms with van der Waals surface area (Å²) in [6.07, 6.45) is 1.03. The maximum atomic E-state index is 3.49. The van der Waals surface area contributed by atoms with Gasteiger partial charge in [-0.1, -0.05) is 41.5 Å². The molecule has 1 N–H and O–H groups in total. The van der Waals surface area contributed by atoms with Crippen LogP contribution in [0.25, 0.3) is 0 Å². The summed E-state index contributed by atoms with van der Waals surface area (Å²) in [6.45, 7) is 10.9. The number of hydrogen-bond acceptors (Lipinski definition) is 1. The van der Waals surface area contributed by atoms with Crippen molar-refractivity contribution in [3.63, 3.8) is 0 Å². The van der Waals surface area contributed by atoms with Crippen LogP contribution in [-0.2, 0) is 6.42 Å². The summed E-state index contributed by atoms with van der Waals surface area (Å²) in [6, 6.07) is 11.8. The molecule has 0 aliphatic heterocycles. The second-order valence-electron chi connectivity index (χ2n) is 6.33. The molecule has 2 aromatic carbocycles. The van der Waals surface area contributed by atoms with Crippen molar-refractivity contribution in [3.05, 3.63) is 69.3 Å². The van der Waals surface area contributed by atoms with Crippen molar-refractivity contribution in [1.29, 1.82) is 0 Å². The Bertz CT molecular complexity index is 620. The average molecular weight is 281 g/mol. The molecule has 0 aromatic heterocycles. The molecule has 21 heavy (non-hydrogen) atoms. The van der Waals surface area contributed by atoms with E-state index in [0.29, 0.717) is 6.04 Å². The molecule has 1 unspecified atom stereocenters. The van der Waals surface area contributed by atoms with Gasteiger partial charge in [-0.25, -0.2) is 0 Å². The van der Waals surface area contributed by atoms with E-state index in [2.05, 4.69) is 77.3 Å². The Hall–Kier alpha value is -1.60. The van der Waals surface area contributed by atoms with E-state index in [1.807, 2.05) is 0 Å². The summed E-state index contributed by atoms with van der Waals surface area (Å²) in [7, 11) is 2.06. The standard InChI is InChI=1S/C20H27N/c1-13-7-14(2)9-18(8-13)12-20(21-6)19-11-16(4)15(3)10-17(19)5/h7-11,20-21H,12H2,1-6H3. The van der Waals surface area contributed by atoms with Gasteiger partial charge in [-0.05, 0) is 75.9 Å². The summed E-state index contributed by atoms with van der Waals surface area (Å²) in [5, 5.41) is 3.49. The van der Waals surface area contributed by atoms with Crippen LogP contribution in [0.1, 0.15) is 45.0 Å². The molecule has 0 bridgehead atoms. The molecule has 0 saturated heterocycles. The molecule has 0 fully saturated rings. The fraction of sp³-hybridized carbons (Fsp3) is 0.400. The minimum absolute atomic E-state index is 0.366. The van der Waals surface area contributed by atoms with Crippen molar-refractivity contribution < 1.29 is 0 Å². The Labute approximate surface area is 129 Å². The van der Waals surface area contributed by atoms with E-state index >= 15 is 0 Å². The molecule has 1 nitrogen and oxygen atoms in total. The molecule has 0 saturated carbocycles. The van der Waals surface area contributed by atoms with Gasteiger partial charge in [-0.2, -0.15) is 0 Å². The Balaban J connectivity index is 2.34. The third-order valence-corrected chi connectivity index (χ3v) is 4.33. The fourth-order valence-electron chi connectivity index (χ4n) is 3.15. The summed E-state index contributed by atoms with van der Waals surface area (Å²) in [5.41, 5.74) is 9.63. The van der Waals surface area contributed by atoms with Gasteiger partial charge < -0.3 is 5.32 Å². The first kappa shape index (κ1) is 15.8. The van der Waals surface area contributed by atoms with Gasteiger partial charge in [0.15, 0.2) is 0 Å². The molecule has 0 aliphatic carbocycles. The van der Waals surface area contributed by atoms with Crippen LogP contribution < -0.4 is 5.32 Å². The van der Waals surface area contributed by atoms with Gasteiger partial charge in [-0.3, -0.25) is 0 Å². The number of rotatable bonds is 4. The minimum Gasteiger partial charge on any atom is -0.313 e.